The number of allylic oxidation sites excluding steroid dienone is 4. The fourth-order valence-corrected chi connectivity index (χ4v) is 8.34. The van der Waals surface area contributed by atoms with Crippen LogP contribution in [0.25, 0.3) is 99.2 Å². The number of nitrogens with zero attached hydrogens (tertiary/aromatic N) is 2. The van der Waals surface area contributed by atoms with Gasteiger partial charge in [0.2, 0.25) is 0 Å². The normalized spacial score (nSPS) is 13.4. The Labute approximate surface area is 294 Å². The maximum absolute atomic E-state index is 6.08. The second-order valence-electron chi connectivity index (χ2n) is 13.6. The number of para-hydroxylation sites is 3. The highest BCUT2D eigenvalue weighted by Gasteiger charge is 2.17. The van der Waals surface area contributed by atoms with E-state index in [4.69, 9.17) is 4.42 Å². The van der Waals surface area contributed by atoms with Crippen molar-refractivity contribution in [3.05, 3.63) is 170 Å². The molecule has 0 saturated carbocycles. The van der Waals surface area contributed by atoms with Gasteiger partial charge in [0.25, 0.3) is 0 Å². The van der Waals surface area contributed by atoms with E-state index in [2.05, 4.69) is 167 Å². The molecule has 7 aromatic carbocycles. The standard InChI is InChI=1S/C48H32N2O/c1-2-10-35(11-3-1)49-43-15-7-4-12-37(43)40-28-33(20-25-45(40)49)34-21-26-46-41(29-34)38-13-5-8-16-44(38)50(46)36-23-18-31(19-24-36)32-22-27-48-42(30-32)39-14-6-9-17-47(39)51-48/h2,4-30H,1,3H2. The zero-order valence-corrected chi connectivity index (χ0v) is 27.9. The molecule has 0 aliphatic heterocycles. The lowest BCUT2D eigenvalue weighted by molar-refractivity contribution is 0.669. The van der Waals surface area contributed by atoms with E-state index in [-0.39, 0.29) is 0 Å². The van der Waals surface area contributed by atoms with Crippen LogP contribution in [0.1, 0.15) is 12.8 Å². The number of hydrogen-bond donors (Lipinski definition) is 0. The Morgan fingerprint density at radius 1 is 0.392 bits per heavy atom. The van der Waals surface area contributed by atoms with E-state index in [1.807, 2.05) is 12.1 Å². The van der Waals surface area contributed by atoms with Gasteiger partial charge in [0.1, 0.15) is 11.2 Å². The smallest absolute Gasteiger partial charge is 0.135 e. The third-order valence-electron chi connectivity index (χ3n) is 10.7. The molecule has 0 unspecified atom stereocenters. The van der Waals surface area contributed by atoms with Crippen molar-refractivity contribution in [1.82, 2.24) is 9.13 Å². The van der Waals surface area contributed by atoms with Crippen molar-refractivity contribution in [2.75, 3.05) is 0 Å². The van der Waals surface area contributed by atoms with Crippen LogP contribution >= 0.6 is 0 Å². The van der Waals surface area contributed by atoms with Gasteiger partial charge in [0.15, 0.2) is 0 Å². The molecule has 0 spiro atoms. The predicted octanol–water partition coefficient (Wildman–Crippen LogP) is 13.3. The van der Waals surface area contributed by atoms with Crippen LogP contribution < -0.4 is 0 Å². The minimum Gasteiger partial charge on any atom is -0.456 e. The molecule has 1 aliphatic rings. The van der Waals surface area contributed by atoms with Crippen LogP contribution in [0.15, 0.2) is 174 Å². The quantitative estimate of drug-likeness (QED) is 0.186. The first-order chi connectivity index (χ1) is 25.3. The lowest BCUT2D eigenvalue weighted by atomic mass is 10.0. The van der Waals surface area contributed by atoms with E-state index < -0.39 is 0 Å². The summed E-state index contributed by atoms with van der Waals surface area (Å²) in [4.78, 5) is 0. The molecule has 0 saturated heterocycles. The van der Waals surface area contributed by atoms with Crippen LogP contribution in [-0.2, 0) is 0 Å². The van der Waals surface area contributed by atoms with E-state index in [1.165, 1.54) is 71.6 Å². The zero-order valence-electron chi connectivity index (χ0n) is 27.9. The fourth-order valence-electron chi connectivity index (χ4n) is 8.34. The molecule has 11 rings (SSSR count). The maximum atomic E-state index is 6.08. The first kappa shape index (κ1) is 28.3. The molecule has 0 fully saturated rings. The van der Waals surface area contributed by atoms with Gasteiger partial charge in [-0.25, -0.2) is 0 Å². The van der Waals surface area contributed by atoms with Crippen molar-refractivity contribution in [3.8, 4) is 27.9 Å². The number of rotatable bonds is 4. The number of furan rings is 1. The molecule has 3 nitrogen and oxygen atoms in total. The zero-order chi connectivity index (χ0) is 33.5. The van der Waals surface area contributed by atoms with Crippen LogP contribution in [0.3, 0.4) is 0 Å². The van der Waals surface area contributed by atoms with Crippen LogP contribution in [0.5, 0.6) is 0 Å². The molecule has 0 amide bonds. The predicted molar refractivity (Wildman–Crippen MR) is 215 cm³/mol. The summed E-state index contributed by atoms with van der Waals surface area (Å²) in [6.45, 7) is 0. The largest absolute Gasteiger partial charge is 0.456 e. The lowest BCUT2D eigenvalue weighted by Crippen LogP contribution is -1.96. The third-order valence-corrected chi connectivity index (χ3v) is 10.7. The molecule has 0 N–H and O–H groups in total. The molecule has 10 aromatic rings. The van der Waals surface area contributed by atoms with Gasteiger partial charge in [-0.1, -0.05) is 97.1 Å². The van der Waals surface area contributed by atoms with E-state index in [9.17, 15) is 0 Å². The SMILES string of the molecule is C1=CC(n2c3ccccc3c3cc(-c4ccc5c(c4)c4ccccc4n5-c4ccc(-c5ccc6oc7ccccc7c6c5)cc4)ccc32)=CCC1. The van der Waals surface area contributed by atoms with Crippen LogP contribution in [-0.4, -0.2) is 9.13 Å². The Balaban J connectivity index is 1.01. The molecule has 51 heavy (non-hydrogen) atoms. The lowest BCUT2D eigenvalue weighted by Gasteiger charge is -2.12. The highest BCUT2D eigenvalue weighted by atomic mass is 16.3. The van der Waals surface area contributed by atoms with Gasteiger partial charge >= 0.3 is 0 Å². The van der Waals surface area contributed by atoms with Crippen molar-refractivity contribution in [2.24, 2.45) is 0 Å². The number of fused-ring (bicyclic) bond motifs is 9. The molecule has 3 aromatic heterocycles. The van der Waals surface area contributed by atoms with Gasteiger partial charge in [0.05, 0.1) is 22.1 Å². The molecule has 0 atom stereocenters. The highest BCUT2D eigenvalue weighted by molar-refractivity contribution is 6.13. The van der Waals surface area contributed by atoms with Crippen molar-refractivity contribution in [3.63, 3.8) is 0 Å². The summed E-state index contributed by atoms with van der Waals surface area (Å²) < 4.78 is 10.9. The van der Waals surface area contributed by atoms with Gasteiger partial charge in [-0.3, -0.25) is 0 Å². The molecular weight excluding hydrogens is 621 g/mol. The Morgan fingerprint density at radius 3 is 1.63 bits per heavy atom. The Bertz CT molecular complexity index is 3070. The molecule has 240 valence electrons. The monoisotopic (exact) mass is 652 g/mol. The summed E-state index contributed by atoms with van der Waals surface area (Å²) in [5.41, 5.74) is 14.0. The molecule has 0 bridgehead atoms. The van der Waals surface area contributed by atoms with Gasteiger partial charge in [-0.2, -0.15) is 0 Å². The molecule has 3 heterocycles. The molecule has 0 radical (unpaired) electrons. The first-order valence-electron chi connectivity index (χ1n) is 17.7. The summed E-state index contributed by atoms with van der Waals surface area (Å²) in [7, 11) is 0. The fraction of sp³-hybridized carbons (Fsp3) is 0.0417. The minimum absolute atomic E-state index is 0.919. The maximum Gasteiger partial charge on any atom is 0.135 e. The van der Waals surface area contributed by atoms with Crippen LogP contribution in [0, 0.1) is 0 Å². The summed E-state index contributed by atoms with van der Waals surface area (Å²) in [5.74, 6) is 0. The van der Waals surface area contributed by atoms with Gasteiger partial charge in [0, 0.05) is 43.7 Å². The second-order valence-corrected chi connectivity index (χ2v) is 13.6. The summed E-state index contributed by atoms with van der Waals surface area (Å²) in [6, 6.07) is 55.2. The minimum atomic E-state index is 0.919. The van der Waals surface area contributed by atoms with Gasteiger partial charge < -0.3 is 13.6 Å². The van der Waals surface area contributed by atoms with E-state index >= 15 is 0 Å². The van der Waals surface area contributed by atoms with Crippen LogP contribution in [0.2, 0.25) is 0 Å². The number of benzene rings is 7. The summed E-state index contributed by atoms with van der Waals surface area (Å²) in [5, 5.41) is 7.37. The first-order valence-corrected chi connectivity index (χ1v) is 17.7. The Morgan fingerprint density at radius 2 is 0.922 bits per heavy atom. The topological polar surface area (TPSA) is 23.0 Å². The van der Waals surface area contributed by atoms with Crippen molar-refractivity contribution in [2.45, 2.75) is 12.8 Å². The van der Waals surface area contributed by atoms with Crippen LogP contribution in [0.4, 0.5) is 0 Å². The second kappa shape index (κ2) is 11.0. The van der Waals surface area contributed by atoms with E-state index in [1.54, 1.807) is 0 Å². The van der Waals surface area contributed by atoms with E-state index in [0.717, 1.165) is 40.5 Å². The van der Waals surface area contributed by atoms with E-state index in [0.29, 0.717) is 0 Å². The number of hydrogen-bond acceptors (Lipinski definition) is 1. The Hall–Kier alpha value is -6.58. The Kier molecular flexibility index (Phi) is 6.08. The molecular formula is C48H32N2O. The van der Waals surface area contributed by atoms with Gasteiger partial charge in [-0.15, -0.1) is 0 Å². The molecule has 1 aliphatic carbocycles. The van der Waals surface area contributed by atoms with Crippen molar-refractivity contribution in [1.29, 1.82) is 0 Å². The number of aromatic nitrogens is 2. The summed E-state index contributed by atoms with van der Waals surface area (Å²) >= 11 is 0. The third kappa shape index (κ3) is 4.31. The highest BCUT2D eigenvalue weighted by Crippen LogP contribution is 2.39. The summed E-state index contributed by atoms with van der Waals surface area (Å²) in [6.07, 6.45) is 9.10. The van der Waals surface area contributed by atoms with Crippen molar-refractivity contribution >= 4 is 71.2 Å². The van der Waals surface area contributed by atoms with Crippen molar-refractivity contribution < 1.29 is 4.42 Å². The average Bonchev–Trinajstić information content (AvgIpc) is 3.85. The average molecular weight is 653 g/mol. The van der Waals surface area contributed by atoms with Gasteiger partial charge in [-0.05, 0) is 108 Å². The molecule has 3 heteroatoms.